The summed E-state index contributed by atoms with van der Waals surface area (Å²) in [6.07, 6.45) is 3.31. The summed E-state index contributed by atoms with van der Waals surface area (Å²) in [5.41, 5.74) is 7.69. The van der Waals surface area contributed by atoms with Crippen molar-refractivity contribution in [2.24, 2.45) is 11.7 Å². The fourth-order valence-electron chi connectivity index (χ4n) is 2.24. The Morgan fingerprint density at radius 3 is 2.71 bits per heavy atom. The van der Waals surface area contributed by atoms with Gasteiger partial charge in [0.15, 0.2) is 0 Å². The van der Waals surface area contributed by atoms with Crippen LogP contribution in [0, 0.1) is 12.8 Å². The van der Waals surface area contributed by atoms with Crippen molar-refractivity contribution in [1.29, 1.82) is 0 Å². The lowest BCUT2D eigenvalue weighted by molar-refractivity contribution is 0.434. The van der Waals surface area contributed by atoms with Crippen molar-refractivity contribution in [3.8, 4) is 0 Å². The largest absolute Gasteiger partial charge is 0.341 e. The van der Waals surface area contributed by atoms with Crippen LogP contribution in [0.15, 0.2) is 6.07 Å². The van der Waals surface area contributed by atoms with Crippen LogP contribution in [-0.4, -0.2) is 29.6 Å². The standard InChI is InChI=1S/C13H22N4/c1-10-4-7-17(8-5-10)13-15-11(2)9-12(16-13)3-6-14/h9-10H,3-8,14H2,1-2H3. The van der Waals surface area contributed by atoms with Crippen molar-refractivity contribution in [3.63, 3.8) is 0 Å². The minimum absolute atomic E-state index is 0.646. The number of anilines is 1. The van der Waals surface area contributed by atoms with Crippen LogP contribution in [0.25, 0.3) is 0 Å². The highest BCUT2D eigenvalue weighted by molar-refractivity contribution is 5.33. The third-order valence-corrected chi connectivity index (χ3v) is 3.36. The maximum atomic E-state index is 5.58. The van der Waals surface area contributed by atoms with E-state index in [1.165, 1.54) is 12.8 Å². The highest BCUT2D eigenvalue weighted by Crippen LogP contribution is 2.20. The molecular formula is C13H22N4. The molecule has 1 aliphatic heterocycles. The number of nitrogens with zero attached hydrogens (tertiary/aromatic N) is 3. The lowest BCUT2D eigenvalue weighted by atomic mass is 10.00. The van der Waals surface area contributed by atoms with Crippen LogP contribution in [0.4, 0.5) is 5.95 Å². The molecule has 2 rings (SSSR count). The van der Waals surface area contributed by atoms with Crippen molar-refractivity contribution in [1.82, 2.24) is 9.97 Å². The van der Waals surface area contributed by atoms with Gasteiger partial charge in [-0.3, -0.25) is 0 Å². The molecule has 94 valence electrons. The summed E-state index contributed by atoms with van der Waals surface area (Å²) in [6, 6.07) is 2.03. The summed E-state index contributed by atoms with van der Waals surface area (Å²) in [5.74, 6) is 1.72. The van der Waals surface area contributed by atoms with Crippen molar-refractivity contribution in [2.75, 3.05) is 24.5 Å². The van der Waals surface area contributed by atoms with Gasteiger partial charge in [0.05, 0.1) is 0 Å². The van der Waals surface area contributed by atoms with Crippen LogP contribution in [0.1, 0.15) is 31.2 Å². The fourth-order valence-corrected chi connectivity index (χ4v) is 2.24. The van der Waals surface area contributed by atoms with Crippen LogP contribution in [-0.2, 0) is 6.42 Å². The van der Waals surface area contributed by atoms with Gasteiger partial charge in [-0.2, -0.15) is 0 Å². The molecule has 17 heavy (non-hydrogen) atoms. The predicted molar refractivity (Wildman–Crippen MR) is 70.1 cm³/mol. The van der Waals surface area contributed by atoms with Crippen LogP contribution in [0.3, 0.4) is 0 Å². The van der Waals surface area contributed by atoms with Gasteiger partial charge in [0.1, 0.15) is 0 Å². The number of nitrogens with two attached hydrogens (primary N) is 1. The summed E-state index contributed by atoms with van der Waals surface area (Å²) < 4.78 is 0. The first kappa shape index (κ1) is 12.3. The second-order valence-electron chi connectivity index (χ2n) is 5.01. The predicted octanol–water partition coefficient (Wildman–Crippen LogP) is 1.52. The van der Waals surface area contributed by atoms with Gasteiger partial charge in [-0.1, -0.05) is 6.92 Å². The Morgan fingerprint density at radius 1 is 1.35 bits per heavy atom. The Labute approximate surface area is 103 Å². The molecule has 1 aromatic heterocycles. The third-order valence-electron chi connectivity index (χ3n) is 3.36. The average molecular weight is 234 g/mol. The van der Waals surface area contributed by atoms with E-state index < -0.39 is 0 Å². The Kier molecular flexibility index (Phi) is 3.94. The molecule has 0 atom stereocenters. The summed E-state index contributed by atoms with van der Waals surface area (Å²) >= 11 is 0. The van der Waals surface area contributed by atoms with Gasteiger partial charge in [0.2, 0.25) is 5.95 Å². The zero-order valence-electron chi connectivity index (χ0n) is 10.8. The maximum absolute atomic E-state index is 5.58. The molecular weight excluding hydrogens is 212 g/mol. The number of aromatic nitrogens is 2. The number of aryl methyl sites for hydroxylation is 1. The molecule has 0 aromatic carbocycles. The van der Waals surface area contributed by atoms with E-state index in [1.54, 1.807) is 0 Å². The molecule has 1 saturated heterocycles. The number of hydrogen-bond donors (Lipinski definition) is 1. The molecule has 0 amide bonds. The van der Waals surface area contributed by atoms with Crippen LogP contribution < -0.4 is 10.6 Å². The average Bonchev–Trinajstić information content (AvgIpc) is 2.29. The first-order chi connectivity index (χ1) is 8.19. The molecule has 2 heterocycles. The van der Waals surface area contributed by atoms with Gasteiger partial charge < -0.3 is 10.6 Å². The second-order valence-corrected chi connectivity index (χ2v) is 5.01. The Bertz CT molecular complexity index is 370. The molecule has 0 aliphatic carbocycles. The van der Waals surface area contributed by atoms with Crippen molar-refractivity contribution in [3.05, 3.63) is 17.5 Å². The van der Waals surface area contributed by atoms with E-state index in [9.17, 15) is 0 Å². The van der Waals surface area contributed by atoms with Crippen molar-refractivity contribution < 1.29 is 0 Å². The third kappa shape index (κ3) is 3.16. The molecule has 4 heteroatoms. The number of hydrogen-bond acceptors (Lipinski definition) is 4. The minimum Gasteiger partial charge on any atom is -0.341 e. The first-order valence-corrected chi connectivity index (χ1v) is 6.48. The molecule has 1 aromatic rings. The second kappa shape index (κ2) is 5.45. The Balaban J connectivity index is 2.14. The first-order valence-electron chi connectivity index (χ1n) is 6.48. The Hall–Kier alpha value is -1.16. The fraction of sp³-hybridized carbons (Fsp3) is 0.692. The highest BCUT2D eigenvalue weighted by Gasteiger charge is 2.18. The van der Waals surface area contributed by atoms with Crippen LogP contribution in [0.5, 0.6) is 0 Å². The summed E-state index contributed by atoms with van der Waals surface area (Å²) in [4.78, 5) is 11.4. The molecule has 0 spiro atoms. The minimum atomic E-state index is 0.646. The van der Waals surface area contributed by atoms with Crippen molar-refractivity contribution >= 4 is 5.95 Å². The van der Waals surface area contributed by atoms with Crippen molar-refractivity contribution in [2.45, 2.75) is 33.1 Å². The lowest BCUT2D eigenvalue weighted by Crippen LogP contribution is -2.34. The molecule has 1 aliphatic rings. The van der Waals surface area contributed by atoms with Gasteiger partial charge in [-0.05, 0) is 38.3 Å². The molecule has 0 bridgehead atoms. The SMILES string of the molecule is Cc1cc(CCN)nc(N2CCC(C)CC2)n1. The van der Waals surface area contributed by atoms with Gasteiger partial charge in [-0.15, -0.1) is 0 Å². The van der Waals surface area contributed by atoms with Gasteiger partial charge in [0, 0.05) is 30.9 Å². The zero-order valence-corrected chi connectivity index (χ0v) is 10.8. The molecule has 4 nitrogen and oxygen atoms in total. The zero-order chi connectivity index (χ0) is 12.3. The van der Waals surface area contributed by atoms with E-state index in [1.807, 2.05) is 13.0 Å². The molecule has 2 N–H and O–H groups in total. The smallest absolute Gasteiger partial charge is 0.225 e. The summed E-state index contributed by atoms with van der Waals surface area (Å²) in [6.45, 7) is 7.14. The van der Waals surface area contributed by atoms with E-state index in [4.69, 9.17) is 5.73 Å². The van der Waals surface area contributed by atoms with E-state index in [-0.39, 0.29) is 0 Å². The molecule has 0 saturated carbocycles. The normalized spacial score (nSPS) is 17.5. The number of rotatable bonds is 3. The van der Waals surface area contributed by atoms with E-state index >= 15 is 0 Å². The van der Waals surface area contributed by atoms with Gasteiger partial charge in [-0.25, -0.2) is 9.97 Å². The van der Waals surface area contributed by atoms with Gasteiger partial charge >= 0.3 is 0 Å². The summed E-state index contributed by atoms with van der Waals surface area (Å²) in [7, 11) is 0. The van der Waals surface area contributed by atoms with Crippen LogP contribution >= 0.6 is 0 Å². The number of piperidine rings is 1. The maximum Gasteiger partial charge on any atom is 0.225 e. The molecule has 0 radical (unpaired) electrons. The highest BCUT2D eigenvalue weighted by atomic mass is 15.3. The van der Waals surface area contributed by atoms with E-state index in [2.05, 4.69) is 21.8 Å². The van der Waals surface area contributed by atoms with E-state index in [0.717, 1.165) is 42.8 Å². The lowest BCUT2D eigenvalue weighted by Gasteiger charge is -2.30. The van der Waals surface area contributed by atoms with E-state index in [0.29, 0.717) is 6.54 Å². The molecule has 0 unspecified atom stereocenters. The topological polar surface area (TPSA) is 55.0 Å². The van der Waals surface area contributed by atoms with Crippen LogP contribution in [0.2, 0.25) is 0 Å². The quantitative estimate of drug-likeness (QED) is 0.861. The summed E-state index contributed by atoms with van der Waals surface area (Å²) in [5, 5.41) is 0. The molecule has 1 fully saturated rings. The Morgan fingerprint density at radius 2 is 2.06 bits per heavy atom. The van der Waals surface area contributed by atoms with Gasteiger partial charge in [0.25, 0.3) is 0 Å². The monoisotopic (exact) mass is 234 g/mol.